The minimum absolute atomic E-state index is 0.193. The van der Waals surface area contributed by atoms with E-state index in [0.29, 0.717) is 24.2 Å². The molecule has 1 fully saturated rings. The molecule has 0 unspecified atom stereocenters. The lowest BCUT2D eigenvalue weighted by Gasteiger charge is -2.37. The van der Waals surface area contributed by atoms with Crippen LogP contribution in [-0.4, -0.2) is 30.6 Å². The van der Waals surface area contributed by atoms with Crippen LogP contribution in [0.15, 0.2) is 24.3 Å². The average Bonchev–Trinajstić information content (AvgIpc) is 2.61. The number of rotatable bonds is 7. The zero-order valence-electron chi connectivity index (χ0n) is 18.3. The third-order valence-electron chi connectivity index (χ3n) is 5.66. The highest BCUT2D eigenvalue weighted by Crippen LogP contribution is 2.32. The molecule has 1 aliphatic rings. The molecule has 0 atom stereocenters. The maximum Gasteiger partial charge on any atom is 0.306 e. The molecular formula is C25H32FNO2. The summed E-state index contributed by atoms with van der Waals surface area (Å²) in [7, 11) is 0. The summed E-state index contributed by atoms with van der Waals surface area (Å²) in [6, 6.07) is 8.31. The lowest BCUT2D eigenvalue weighted by atomic mass is 9.90. The van der Waals surface area contributed by atoms with Crippen LogP contribution >= 0.6 is 0 Å². The Kier molecular flexibility index (Phi) is 6.74. The molecule has 29 heavy (non-hydrogen) atoms. The van der Waals surface area contributed by atoms with Gasteiger partial charge in [-0.25, -0.2) is 4.39 Å². The zero-order valence-corrected chi connectivity index (χ0v) is 18.3. The highest BCUT2D eigenvalue weighted by atomic mass is 19.1. The molecule has 156 valence electrons. The number of benzene rings is 2. The van der Waals surface area contributed by atoms with Gasteiger partial charge in [-0.2, -0.15) is 0 Å². The van der Waals surface area contributed by atoms with Gasteiger partial charge >= 0.3 is 5.97 Å². The van der Waals surface area contributed by atoms with Crippen molar-refractivity contribution in [2.75, 3.05) is 19.7 Å². The highest BCUT2D eigenvalue weighted by molar-refractivity contribution is 5.73. The number of carbonyl (C=O) groups is 1. The summed E-state index contributed by atoms with van der Waals surface area (Å²) in [4.78, 5) is 14.2. The lowest BCUT2D eigenvalue weighted by molar-refractivity contribution is -0.143. The van der Waals surface area contributed by atoms with Crippen molar-refractivity contribution in [1.82, 2.24) is 4.90 Å². The number of aryl methyl sites for hydroxylation is 4. The van der Waals surface area contributed by atoms with Gasteiger partial charge in [0.2, 0.25) is 0 Å². The first-order valence-electron chi connectivity index (χ1n) is 10.6. The van der Waals surface area contributed by atoms with Gasteiger partial charge in [0.05, 0.1) is 6.61 Å². The third kappa shape index (κ3) is 5.05. The number of halogens is 1. The van der Waals surface area contributed by atoms with E-state index in [-0.39, 0.29) is 18.2 Å². The van der Waals surface area contributed by atoms with Crippen LogP contribution in [0.25, 0.3) is 11.1 Å². The van der Waals surface area contributed by atoms with Gasteiger partial charge in [-0.05, 0) is 91.1 Å². The highest BCUT2D eigenvalue weighted by Gasteiger charge is 2.22. The number of hydrogen-bond donors (Lipinski definition) is 0. The van der Waals surface area contributed by atoms with Gasteiger partial charge in [0, 0.05) is 26.1 Å². The Morgan fingerprint density at radius 1 is 1.10 bits per heavy atom. The van der Waals surface area contributed by atoms with Crippen LogP contribution in [0.1, 0.15) is 48.1 Å². The second-order valence-corrected chi connectivity index (χ2v) is 8.48. The molecule has 4 heteroatoms. The van der Waals surface area contributed by atoms with Gasteiger partial charge in [-0.1, -0.05) is 19.1 Å². The molecule has 1 heterocycles. The van der Waals surface area contributed by atoms with Gasteiger partial charge in [-0.3, -0.25) is 9.69 Å². The van der Waals surface area contributed by atoms with Gasteiger partial charge in [0.15, 0.2) is 0 Å². The van der Waals surface area contributed by atoms with Crippen molar-refractivity contribution in [3.8, 4) is 11.1 Å². The van der Waals surface area contributed by atoms with Crippen molar-refractivity contribution < 1.29 is 13.9 Å². The number of carbonyl (C=O) groups excluding carboxylic acids is 1. The minimum Gasteiger partial charge on any atom is -0.466 e. The molecule has 2 aromatic rings. The largest absolute Gasteiger partial charge is 0.466 e. The summed E-state index contributed by atoms with van der Waals surface area (Å²) in [5, 5.41) is 0. The molecule has 2 aromatic carbocycles. The first kappa shape index (κ1) is 21.5. The van der Waals surface area contributed by atoms with Gasteiger partial charge < -0.3 is 4.74 Å². The molecule has 0 saturated carbocycles. The maximum atomic E-state index is 14.7. The molecule has 0 N–H and O–H groups in total. The van der Waals surface area contributed by atoms with Crippen LogP contribution in [-0.2, 0) is 22.5 Å². The number of esters is 1. The van der Waals surface area contributed by atoms with E-state index in [1.807, 2.05) is 12.1 Å². The Hall–Kier alpha value is -2.20. The van der Waals surface area contributed by atoms with Gasteiger partial charge in [0.1, 0.15) is 5.82 Å². The van der Waals surface area contributed by atoms with Crippen molar-refractivity contribution in [3.63, 3.8) is 0 Å². The van der Waals surface area contributed by atoms with E-state index in [4.69, 9.17) is 4.74 Å². The summed E-state index contributed by atoms with van der Waals surface area (Å²) in [5.74, 6) is 0.288. The minimum atomic E-state index is -0.285. The molecule has 3 nitrogen and oxygen atoms in total. The molecule has 3 rings (SSSR count). The molecule has 0 amide bonds. The van der Waals surface area contributed by atoms with Gasteiger partial charge in [-0.15, -0.1) is 0 Å². The summed E-state index contributed by atoms with van der Waals surface area (Å²) >= 11 is 0. The summed E-state index contributed by atoms with van der Waals surface area (Å²) in [6.45, 7) is 13.8. The predicted molar refractivity (Wildman–Crippen MR) is 115 cm³/mol. The SMILES string of the molecule is CCOC(=O)CCc1cc(-c2c(C)cc(CN3CC(C)C3)cc2C)cc(C)c1F. The van der Waals surface area contributed by atoms with E-state index in [0.717, 1.165) is 23.6 Å². The summed E-state index contributed by atoms with van der Waals surface area (Å²) in [5.41, 5.74) is 7.10. The fourth-order valence-corrected chi connectivity index (χ4v) is 4.45. The summed E-state index contributed by atoms with van der Waals surface area (Å²) in [6.07, 6.45) is 0.543. The standard InChI is InChI=1S/C25H32FNO2/c1-6-29-23(28)8-7-21-12-22(11-19(5)25(21)26)24-17(3)9-20(10-18(24)4)15-27-13-16(2)14-27/h9-12,16H,6-8,13-15H2,1-5H3. The van der Waals surface area contributed by atoms with Crippen molar-refractivity contribution in [2.24, 2.45) is 5.92 Å². The van der Waals surface area contributed by atoms with E-state index in [1.165, 1.54) is 29.8 Å². The molecule has 0 aromatic heterocycles. The molecular weight excluding hydrogens is 365 g/mol. The Morgan fingerprint density at radius 3 is 2.34 bits per heavy atom. The topological polar surface area (TPSA) is 29.5 Å². The number of nitrogens with zero attached hydrogens (tertiary/aromatic N) is 1. The Balaban J connectivity index is 1.86. The Labute approximate surface area is 173 Å². The Morgan fingerprint density at radius 2 is 1.76 bits per heavy atom. The van der Waals surface area contributed by atoms with Crippen molar-refractivity contribution in [2.45, 2.75) is 54.0 Å². The van der Waals surface area contributed by atoms with Crippen molar-refractivity contribution >= 4 is 5.97 Å². The fraction of sp³-hybridized carbons (Fsp3) is 0.480. The molecule has 0 aliphatic carbocycles. The van der Waals surface area contributed by atoms with Crippen LogP contribution in [0.2, 0.25) is 0 Å². The average molecular weight is 398 g/mol. The Bertz CT molecular complexity index is 877. The molecule has 0 spiro atoms. The second-order valence-electron chi connectivity index (χ2n) is 8.48. The molecule has 0 bridgehead atoms. The van der Waals surface area contributed by atoms with Crippen LogP contribution in [0.4, 0.5) is 4.39 Å². The number of hydrogen-bond acceptors (Lipinski definition) is 3. The molecule has 1 aliphatic heterocycles. The van der Waals surface area contributed by atoms with E-state index in [9.17, 15) is 9.18 Å². The predicted octanol–water partition coefficient (Wildman–Crippen LogP) is 5.37. The second kappa shape index (κ2) is 9.08. The van der Waals surface area contributed by atoms with E-state index >= 15 is 0 Å². The smallest absolute Gasteiger partial charge is 0.306 e. The quantitative estimate of drug-likeness (QED) is 0.589. The van der Waals surface area contributed by atoms with E-state index < -0.39 is 0 Å². The van der Waals surface area contributed by atoms with Crippen LogP contribution in [0, 0.1) is 32.5 Å². The van der Waals surface area contributed by atoms with Crippen LogP contribution in [0.5, 0.6) is 0 Å². The number of likely N-dealkylation sites (tertiary alicyclic amines) is 1. The fourth-order valence-electron chi connectivity index (χ4n) is 4.45. The molecule has 0 radical (unpaired) electrons. The third-order valence-corrected chi connectivity index (χ3v) is 5.66. The van der Waals surface area contributed by atoms with Crippen molar-refractivity contribution in [3.05, 3.63) is 57.9 Å². The lowest BCUT2D eigenvalue weighted by Crippen LogP contribution is -2.44. The first-order valence-corrected chi connectivity index (χ1v) is 10.6. The number of ether oxygens (including phenoxy) is 1. The van der Waals surface area contributed by atoms with Crippen LogP contribution < -0.4 is 0 Å². The first-order chi connectivity index (χ1) is 13.8. The van der Waals surface area contributed by atoms with E-state index in [1.54, 1.807) is 13.8 Å². The summed E-state index contributed by atoms with van der Waals surface area (Å²) < 4.78 is 19.6. The van der Waals surface area contributed by atoms with Crippen LogP contribution in [0.3, 0.4) is 0 Å². The van der Waals surface area contributed by atoms with E-state index in [2.05, 4.69) is 37.8 Å². The maximum absolute atomic E-state index is 14.7. The zero-order chi connectivity index (χ0) is 21.1. The van der Waals surface area contributed by atoms with Gasteiger partial charge in [0.25, 0.3) is 0 Å². The molecule has 1 saturated heterocycles. The van der Waals surface area contributed by atoms with Crippen molar-refractivity contribution in [1.29, 1.82) is 0 Å². The monoisotopic (exact) mass is 397 g/mol. The normalized spacial score (nSPS) is 14.7.